The van der Waals surface area contributed by atoms with Gasteiger partial charge in [-0.25, -0.2) is 4.79 Å². The smallest absolute Gasteiger partial charge is 0.319 e. The van der Waals surface area contributed by atoms with Crippen molar-refractivity contribution in [3.8, 4) is 0 Å². The predicted octanol–water partition coefficient (Wildman–Crippen LogP) is 3.02. The van der Waals surface area contributed by atoms with Gasteiger partial charge in [0.25, 0.3) is 0 Å². The fourth-order valence-electron chi connectivity index (χ4n) is 2.03. The van der Waals surface area contributed by atoms with E-state index in [4.69, 9.17) is 5.73 Å². The van der Waals surface area contributed by atoms with Crippen LogP contribution in [0.25, 0.3) is 0 Å². The van der Waals surface area contributed by atoms with Crippen molar-refractivity contribution in [2.75, 3.05) is 11.1 Å². The van der Waals surface area contributed by atoms with Crippen LogP contribution in [0.3, 0.4) is 0 Å². The third-order valence-electron chi connectivity index (χ3n) is 2.91. The van der Waals surface area contributed by atoms with E-state index in [0.717, 1.165) is 6.42 Å². The van der Waals surface area contributed by atoms with Gasteiger partial charge in [-0.05, 0) is 37.1 Å². The van der Waals surface area contributed by atoms with Crippen LogP contribution >= 0.6 is 0 Å². The van der Waals surface area contributed by atoms with Crippen molar-refractivity contribution < 1.29 is 4.79 Å². The molecule has 2 rings (SSSR count). The van der Waals surface area contributed by atoms with Crippen molar-refractivity contribution in [1.82, 2.24) is 5.32 Å². The zero-order chi connectivity index (χ0) is 14.4. The molecule has 4 nitrogen and oxygen atoms in total. The van der Waals surface area contributed by atoms with E-state index in [9.17, 15) is 4.79 Å². The molecule has 0 heterocycles. The third kappa shape index (κ3) is 4.31. The van der Waals surface area contributed by atoms with Crippen molar-refractivity contribution in [2.45, 2.75) is 19.4 Å². The molecule has 0 bridgehead atoms. The Morgan fingerprint density at radius 1 is 1.15 bits per heavy atom. The van der Waals surface area contributed by atoms with Gasteiger partial charge < -0.3 is 16.4 Å². The van der Waals surface area contributed by atoms with Crippen LogP contribution in [-0.2, 0) is 6.42 Å². The van der Waals surface area contributed by atoms with E-state index in [-0.39, 0.29) is 12.1 Å². The second-order valence-corrected chi connectivity index (χ2v) is 4.81. The molecule has 1 unspecified atom stereocenters. The maximum Gasteiger partial charge on any atom is 0.319 e. The Balaban J connectivity index is 1.85. The molecule has 1 atom stereocenters. The standard InChI is InChI=1S/C16H19N3O/c1-12(10-13-6-3-2-4-7-13)18-16(20)19-15-9-5-8-14(17)11-15/h2-9,11-12H,10,17H2,1H3,(H2,18,19,20). The van der Waals surface area contributed by atoms with Gasteiger partial charge in [-0.2, -0.15) is 0 Å². The van der Waals surface area contributed by atoms with Gasteiger partial charge >= 0.3 is 6.03 Å². The van der Waals surface area contributed by atoms with Crippen molar-refractivity contribution in [3.63, 3.8) is 0 Å². The first-order valence-electron chi connectivity index (χ1n) is 6.60. The van der Waals surface area contributed by atoms with Gasteiger partial charge in [0.15, 0.2) is 0 Å². The zero-order valence-electron chi connectivity index (χ0n) is 11.5. The SMILES string of the molecule is CC(Cc1ccccc1)NC(=O)Nc1cccc(N)c1. The number of nitrogens with two attached hydrogens (primary N) is 1. The first-order chi connectivity index (χ1) is 9.63. The molecule has 4 N–H and O–H groups in total. The van der Waals surface area contributed by atoms with Gasteiger partial charge in [0.1, 0.15) is 0 Å². The largest absolute Gasteiger partial charge is 0.399 e. The van der Waals surface area contributed by atoms with Crippen LogP contribution < -0.4 is 16.4 Å². The monoisotopic (exact) mass is 269 g/mol. The van der Waals surface area contributed by atoms with Crippen LogP contribution in [0.1, 0.15) is 12.5 Å². The van der Waals surface area contributed by atoms with E-state index in [0.29, 0.717) is 11.4 Å². The van der Waals surface area contributed by atoms with Gasteiger partial charge in [0, 0.05) is 17.4 Å². The Kier molecular flexibility index (Phi) is 4.60. The van der Waals surface area contributed by atoms with E-state index in [1.807, 2.05) is 37.3 Å². The lowest BCUT2D eigenvalue weighted by Gasteiger charge is -2.15. The highest BCUT2D eigenvalue weighted by molar-refractivity contribution is 5.89. The summed E-state index contributed by atoms with van der Waals surface area (Å²) in [6.07, 6.45) is 0.797. The fraction of sp³-hybridized carbons (Fsp3) is 0.188. The number of rotatable bonds is 4. The minimum absolute atomic E-state index is 0.0541. The molecule has 0 aromatic heterocycles. The minimum atomic E-state index is -0.223. The summed E-state index contributed by atoms with van der Waals surface area (Å²) in [5.41, 5.74) is 8.18. The summed E-state index contributed by atoms with van der Waals surface area (Å²) in [6, 6.07) is 17.0. The molecule has 0 fully saturated rings. The van der Waals surface area contributed by atoms with E-state index >= 15 is 0 Å². The van der Waals surface area contributed by atoms with E-state index < -0.39 is 0 Å². The molecule has 0 aliphatic rings. The normalized spacial score (nSPS) is 11.7. The maximum atomic E-state index is 11.9. The molecule has 2 aromatic carbocycles. The predicted molar refractivity (Wildman–Crippen MR) is 82.6 cm³/mol. The van der Waals surface area contributed by atoms with Gasteiger partial charge in [-0.1, -0.05) is 36.4 Å². The minimum Gasteiger partial charge on any atom is -0.399 e. The summed E-state index contributed by atoms with van der Waals surface area (Å²) in [5, 5.41) is 5.67. The molecule has 0 radical (unpaired) electrons. The number of urea groups is 1. The molecular weight excluding hydrogens is 250 g/mol. The highest BCUT2D eigenvalue weighted by Crippen LogP contribution is 2.11. The Labute approximate surface area is 119 Å². The lowest BCUT2D eigenvalue weighted by atomic mass is 10.1. The average molecular weight is 269 g/mol. The van der Waals surface area contributed by atoms with Crippen LogP contribution in [0, 0.1) is 0 Å². The summed E-state index contributed by atoms with van der Waals surface area (Å²) < 4.78 is 0. The molecule has 104 valence electrons. The second-order valence-electron chi connectivity index (χ2n) is 4.81. The summed E-state index contributed by atoms with van der Waals surface area (Å²) in [5.74, 6) is 0. The summed E-state index contributed by atoms with van der Waals surface area (Å²) in [6.45, 7) is 1.98. The zero-order valence-corrected chi connectivity index (χ0v) is 11.5. The second kappa shape index (κ2) is 6.61. The van der Waals surface area contributed by atoms with Gasteiger partial charge in [-0.3, -0.25) is 0 Å². The first kappa shape index (κ1) is 13.9. The summed E-state index contributed by atoms with van der Waals surface area (Å²) in [7, 11) is 0. The molecule has 0 spiro atoms. The molecular formula is C16H19N3O. The number of carbonyl (C=O) groups excluding carboxylic acids is 1. The number of hydrogen-bond acceptors (Lipinski definition) is 2. The summed E-state index contributed by atoms with van der Waals surface area (Å²) >= 11 is 0. The van der Waals surface area contributed by atoms with Crippen molar-refractivity contribution in [2.24, 2.45) is 0 Å². The Morgan fingerprint density at radius 2 is 1.90 bits per heavy atom. The number of anilines is 2. The molecule has 20 heavy (non-hydrogen) atoms. The van der Waals surface area contributed by atoms with Crippen LogP contribution in [-0.4, -0.2) is 12.1 Å². The van der Waals surface area contributed by atoms with Crippen molar-refractivity contribution in [1.29, 1.82) is 0 Å². The third-order valence-corrected chi connectivity index (χ3v) is 2.91. The van der Waals surface area contributed by atoms with Gasteiger partial charge in [0.05, 0.1) is 0 Å². The Bertz CT molecular complexity index is 569. The molecule has 0 aliphatic carbocycles. The average Bonchev–Trinajstić information content (AvgIpc) is 2.39. The maximum absolute atomic E-state index is 11.9. The topological polar surface area (TPSA) is 67.2 Å². The molecule has 0 saturated carbocycles. The fourth-order valence-corrected chi connectivity index (χ4v) is 2.03. The van der Waals surface area contributed by atoms with Crippen LogP contribution in [0.5, 0.6) is 0 Å². The lowest BCUT2D eigenvalue weighted by molar-refractivity contribution is 0.249. The van der Waals surface area contributed by atoms with E-state index in [2.05, 4.69) is 10.6 Å². The molecule has 0 saturated heterocycles. The highest BCUT2D eigenvalue weighted by Gasteiger charge is 2.08. The van der Waals surface area contributed by atoms with Gasteiger partial charge in [-0.15, -0.1) is 0 Å². The number of nitrogen functional groups attached to an aromatic ring is 1. The number of carbonyl (C=O) groups is 1. The Morgan fingerprint density at radius 3 is 2.60 bits per heavy atom. The van der Waals surface area contributed by atoms with Crippen LogP contribution in [0.2, 0.25) is 0 Å². The highest BCUT2D eigenvalue weighted by atomic mass is 16.2. The van der Waals surface area contributed by atoms with Crippen molar-refractivity contribution >= 4 is 17.4 Å². The summed E-state index contributed by atoms with van der Waals surface area (Å²) in [4.78, 5) is 11.9. The molecule has 2 aromatic rings. The van der Waals surface area contributed by atoms with E-state index in [1.165, 1.54) is 5.56 Å². The molecule has 0 aliphatic heterocycles. The quantitative estimate of drug-likeness (QED) is 0.747. The number of benzene rings is 2. The first-order valence-corrected chi connectivity index (χ1v) is 6.60. The van der Waals surface area contributed by atoms with Crippen molar-refractivity contribution in [3.05, 3.63) is 60.2 Å². The molecule has 4 heteroatoms. The van der Waals surface area contributed by atoms with Crippen LogP contribution in [0.4, 0.5) is 16.2 Å². The number of nitrogens with one attached hydrogen (secondary N) is 2. The number of amides is 2. The number of hydrogen-bond donors (Lipinski definition) is 3. The van der Waals surface area contributed by atoms with Gasteiger partial charge in [0.2, 0.25) is 0 Å². The lowest BCUT2D eigenvalue weighted by Crippen LogP contribution is -2.37. The molecule has 2 amide bonds. The Hall–Kier alpha value is -2.49. The van der Waals surface area contributed by atoms with Crippen LogP contribution in [0.15, 0.2) is 54.6 Å². The van der Waals surface area contributed by atoms with E-state index in [1.54, 1.807) is 24.3 Å².